The van der Waals surface area contributed by atoms with Crippen LogP contribution in [0.3, 0.4) is 0 Å². The Hall–Kier alpha value is -1.77. The quantitative estimate of drug-likeness (QED) is 0.499. The molecule has 1 aliphatic heterocycles. The minimum Gasteiger partial charge on any atom is -0.494 e. The van der Waals surface area contributed by atoms with Crippen LogP contribution in [0.5, 0.6) is 5.75 Å². The number of benzene rings is 1. The molecule has 7 nitrogen and oxygen atoms in total. The van der Waals surface area contributed by atoms with Gasteiger partial charge < -0.3 is 24.2 Å². The van der Waals surface area contributed by atoms with Crippen LogP contribution in [0.25, 0.3) is 0 Å². The predicted molar refractivity (Wildman–Crippen MR) is 93.5 cm³/mol. The first-order valence-electron chi connectivity index (χ1n) is 7.96. The maximum Gasteiger partial charge on any atom is 0.303 e. The SMILES string of the molecule is COC(CN1C(=O)CSC1c1ccc(OCCCC(=O)O)cc1)OC. The Labute approximate surface area is 151 Å². The molecular formula is C17H23NO6S. The number of carbonyl (C=O) groups excluding carboxylic acids is 1. The van der Waals surface area contributed by atoms with Crippen molar-refractivity contribution in [1.82, 2.24) is 4.90 Å². The second kappa shape index (κ2) is 9.65. The van der Waals surface area contributed by atoms with Crippen molar-refractivity contribution >= 4 is 23.6 Å². The van der Waals surface area contributed by atoms with Gasteiger partial charge in [0.25, 0.3) is 0 Å². The molecule has 1 fully saturated rings. The van der Waals surface area contributed by atoms with Gasteiger partial charge in [-0.2, -0.15) is 0 Å². The molecule has 0 spiro atoms. The minimum absolute atomic E-state index is 0.0584. The summed E-state index contributed by atoms with van der Waals surface area (Å²) >= 11 is 1.56. The van der Waals surface area contributed by atoms with Crippen molar-refractivity contribution in [3.63, 3.8) is 0 Å². The zero-order chi connectivity index (χ0) is 18.2. The number of carboxylic acids is 1. The molecule has 1 amide bonds. The van der Waals surface area contributed by atoms with Crippen LogP contribution in [0.15, 0.2) is 24.3 Å². The molecule has 1 aromatic carbocycles. The fourth-order valence-corrected chi connectivity index (χ4v) is 3.68. The smallest absolute Gasteiger partial charge is 0.303 e. The number of carboxylic acid groups (broad SMARTS) is 1. The third kappa shape index (κ3) is 5.62. The highest BCUT2D eigenvalue weighted by molar-refractivity contribution is 8.00. The van der Waals surface area contributed by atoms with E-state index in [9.17, 15) is 9.59 Å². The van der Waals surface area contributed by atoms with Gasteiger partial charge in [0, 0.05) is 20.6 Å². The van der Waals surface area contributed by atoms with E-state index in [4.69, 9.17) is 19.3 Å². The molecule has 1 heterocycles. The summed E-state index contributed by atoms with van der Waals surface area (Å²) in [6, 6.07) is 7.51. The Balaban J connectivity index is 1.95. The maximum atomic E-state index is 12.1. The van der Waals surface area contributed by atoms with Crippen LogP contribution in [-0.4, -0.2) is 61.3 Å². The van der Waals surface area contributed by atoms with Crippen molar-refractivity contribution in [3.8, 4) is 5.75 Å². The Morgan fingerprint density at radius 1 is 1.32 bits per heavy atom. The van der Waals surface area contributed by atoms with Crippen molar-refractivity contribution in [3.05, 3.63) is 29.8 Å². The van der Waals surface area contributed by atoms with Crippen LogP contribution in [0.2, 0.25) is 0 Å². The number of thioether (sulfide) groups is 1. The topological polar surface area (TPSA) is 85.3 Å². The third-order valence-electron chi connectivity index (χ3n) is 3.81. The summed E-state index contributed by atoms with van der Waals surface area (Å²) in [4.78, 5) is 24.4. The highest BCUT2D eigenvalue weighted by atomic mass is 32.2. The van der Waals surface area contributed by atoms with Crippen molar-refractivity contribution in [2.75, 3.05) is 33.1 Å². The van der Waals surface area contributed by atoms with Crippen LogP contribution in [0.1, 0.15) is 23.8 Å². The average molecular weight is 369 g/mol. The fraction of sp³-hybridized carbons (Fsp3) is 0.529. The number of ether oxygens (including phenoxy) is 3. The lowest BCUT2D eigenvalue weighted by atomic mass is 10.2. The van der Waals surface area contributed by atoms with Crippen LogP contribution in [0, 0.1) is 0 Å². The zero-order valence-corrected chi connectivity index (χ0v) is 15.2. The first-order valence-corrected chi connectivity index (χ1v) is 9.01. The molecule has 0 radical (unpaired) electrons. The van der Waals surface area contributed by atoms with Gasteiger partial charge in [0.1, 0.15) is 11.1 Å². The molecule has 1 aliphatic rings. The van der Waals surface area contributed by atoms with E-state index in [1.165, 1.54) is 0 Å². The lowest BCUT2D eigenvalue weighted by molar-refractivity contribution is -0.143. The number of rotatable bonds is 10. The molecule has 0 aliphatic carbocycles. The molecule has 1 aromatic rings. The average Bonchev–Trinajstić information content (AvgIpc) is 2.97. The van der Waals surface area contributed by atoms with E-state index in [0.717, 1.165) is 5.56 Å². The van der Waals surface area contributed by atoms with Gasteiger partial charge in [0.2, 0.25) is 5.91 Å². The lowest BCUT2D eigenvalue weighted by Crippen LogP contribution is -2.37. The molecule has 1 N–H and O–H groups in total. The first-order chi connectivity index (χ1) is 12.0. The predicted octanol–water partition coefficient (Wildman–Crippen LogP) is 2.12. The minimum atomic E-state index is -0.826. The monoisotopic (exact) mass is 369 g/mol. The van der Waals surface area contributed by atoms with E-state index in [-0.39, 0.29) is 17.7 Å². The number of amides is 1. The summed E-state index contributed by atoms with van der Waals surface area (Å²) in [6.45, 7) is 0.731. The summed E-state index contributed by atoms with van der Waals surface area (Å²) in [5, 5.41) is 8.52. The van der Waals surface area contributed by atoms with E-state index in [2.05, 4.69) is 0 Å². The lowest BCUT2D eigenvalue weighted by Gasteiger charge is -2.27. The van der Waals surface area contributed by atoms with Gasteiger partial charge in [-0.25, -0.2) is 0 Å². The van der Waals surface area contributed by atoms with Gasteiger partial charge >= 0.3 is 5.97 Å². The van der Waals surface area contributed by atoms with E-state index in [1.807, 2.05) is 24.3 Å². The largest absolute Gasteiger partial charge is 0.494 e. The molecule has 0 aromatic heterocycles. The van der Waals surface area contributed by atoms with Crippen LogP contribution >= 0.6 is 11.8 Å². The Bertz CT molecular complexity index is 575. The normalized spacial score (nSPS) is 17.3. The summed E-state index contributed by atoms with van der Waals surface area (Å²) in [7, 11) is 3.10. The molecular weight excluding hydrogens is 346 g/mol. The van der Waals surface area contributed by atoms with E-state index < -0.39 is 12.3 Å². The van der Waals surface area contributed by atoms with Crippen LogP contribution < -0.4 is 4.74 Å². The molecule has 0 bridgehead atoms. The molecule has 0 saturated carbocycles. The molecule has 138 valence electrons. The Kier molecular flexibility index (Phi) is 7.54. The zero-order valence-electron chi connectivity index (χ0n) is 14.3. The number of hydrogen-bond donors (Lipinski definition) is 1. The van der Waals surface area contributed by atoms with Gasteiger partial charge in [0.05, 0.1) is 18.9 Å². The summed E-state index contributed by atoms with van der Waals surface area (Å²) in [5.41, 5.74) is 1.000. The van der Waals surface area contributed by atoms with Crippen molar-refractivity contribution in [2.45, 2.75) is 24.5 Å². The number of carbonyl (C=O) groups is 2. The second-order valence-corrected chi connectivity index (χ2v) is 6.59. The van der Waals surface area contributed by atoms with Gasteiger partial charge in [-0.05, 0) is 24.1 Å². The van der Waals surface area contributed by atoms with E-state index in [1.54, 1.807) is 30.9 Å². The molecule has 25 heavy (non-hydrogen) atoms. The molecule has 2 rings (SSSR count). The second-order valence-electron chi connectivity index (χ2n) is 5.53. The van der Waals surface area contributed by atoms with E-state index >= 15 is 0 Å². The van der Waals surface area contributed by atoms with Crippen molar-refractivity contribution < 1.29 is 28.9 Å². The highest BCUT2D eigenvalue weighted by Gasteiger charge is 2.34. The van der Waals surface area contributed by atoms with Gasteiger partial charge in [-0.3, -0.25) is 9.59 Å². The highest BCUT2D eigenvalue weighted by Crippen LogP contribution is 2.39. The standard InChI is InChI=1S/C17H23NO6S/c1-22-16(23-2)10-18-14(19)11-25-17(18)12-5-7-13(8-6-12)24-9-3-4-15(20)21/h5-8,16-17H,3-4,9-11H2,1-2H3,(H,20,21). The van der Waals surface area contributed by atoms with Gasteiger partial charge in [-0.1, -0.05) is 12.1 Å². The summed E-state index contributed by atoms with van der Waals surface area (Å²) < 4.78 is 15.9. The van der Waals surface area contributed by atoms with Crippen molar-refractivity contribution in [2.24, 2.45) is 0 Å². The first kappa shape index (κ1) is 19.6. The number of methoxy groups -OCH3 is 2. The van der Waals surface area contributed by atoms with Gasteiger partial charge in [-0.15, -0.1) is 11.8 Å². The van der Waals surface area contributed by atoms with E-state index in [0.29, 0.717) is 31.1 Å². The Morgan fingerprint density at radius 3 is 2.60 bits per heavy atom. The number of hydrogen-bond acceptors (Lipinski definition) is 6. The molecule has 8 heteroatoms. The fourth-order valence-electron chi connectivity index (χ4n) is 2.48. The molecule has 1 unspecified atom stereocenters. The van der Waals surface area contributed by atoms with Crippen LogP contribution in [0.4, 0.5) is 0 Å². The van der Waals surface area contributed by atoms with Crippen molar-refractivity contribution in [1.29, 1.82) is 0 Å². The van der Waals surface area contributed by atoms with Crippen LogP contribution in [-0.2, 0) is 19.1 Å². The number of nitrogens with zero attached hydrogens (tertiary/aromatic N) is 1. The van der Waals surface area contributed by atoms with Gasteiger partial charge in [0.15, 0.2) is 6.29 Å². The molecule has 1 saturated heterocycles. The third-order valence-corrected chi connectivity index (χ3v) is 5.06. The maximum absolute atomic E-state index is 12.1. The summed E-state index contributed by atoms with van der Waals surface area (Å²) in [6.07, 6.45) is 0.100. The summed E-state index contributed by atoms with van der Waals surface area (Å²) in [5.74, 6) is 0.343. The Morgan fingerprint density at radius 2 is 2.00 bits per heavy atom. The number of aliphatic carboxylic acids is 1. The molecule has 1 atom stereocenters.